The van der Waals surface area contributed by atoms with Gasteiger partial charge in [-0.3, -0.25) is 24.5 Å². The Labute approximate surface area is 219 Å². The molecule has 3 aromatic carbocycles. The molecule has 6 rings (SSSR count). The topological polar surface area (TPSA) is 101 Å². The lowest BCUT2D eigenvalue weighted by atomic mass is 9.83. The molecular formula is C28H18F3N3O5. The fraction of sp³-hybridized carbons (Fsp3) is 0.179. The van der Waals surface area contributed by atoms with Gasteiger partial charge in [0.1, 0.15) is 6.04 Å². The Bertz CT molecular complexity index is 1580. The zero-order chi connectivity index (χ0) is 27.6. The molecule has 0 aromatic heterocycles. The van der Waals surface area contributed by atoms with Crippen LogP contribution in [0.25, 0.3) is 6.08 Å². The average Bonchev–Trinajstić information content (AvgIpc) is 3.40. The maximum Gasteiger partial charge on any atom is 0.416 e. The number of Topliss-reactive ketones (excluding diaryl/α,β-unsaturated/α-hetero) is 1. The predicted molar refractivity (Wildman–Crippen MR) is 132 cm³/mol. The van der Waals surface area contributed by atoms with E-state index in [0.29, 0.717) is 5.56 Å². The van der Waals surface area contributed by atoms with E-state index in [2.05, 4.69) is 0 Å². The van der Waals surface area contributed by atoms with Crippen molar-refractivity contribution >= 4 is 35.0 Å². The van der Waals surface area contributed by atoms with Crippen LogP contribution >= 0.6 is 0 Å². The normalized spacial score (nSPS) is 23.5. The van der Waals surface area contributed by atoms with Gasteiger partial charge in [-0.2, -0.15) is 13.2 Å². The van der Waals surface area contributed by atoms with E-state index in [9.17, 15) is 37.7 Å². The van der Waals surface area contributed by atoms with Crippen LogP contribution in [0.4, 0.5) is 24.5 Å². The van der Waals surface area contributed by atoms with Crippen LogP contribution in [0.5, 0.6) is 0 Å². The molecule has 4 atom stereocenters. The van der Waals surface area contributed by atoms with Crippen LogP contribution < -0.4 is 4.90 Å². The lowest BCUT2D eigenvalue weighted by molar-refractivity contribution is -0.384. The summed E-state index contributed by atoms with van der Waals surface area (Å²) in [5, 5.41) is 11.1. The third-order valence-electron chi connectivity index (χ3n) is 7.52. The molecule has 0 aliphatic carbocycles. The van der Waals surface area contributed by atoms with Crippen molar-refractivity contribution in [3.05, 3.63) is 111 Å². The summed E-state index contributed by atoms with van der Waals surface area (Å²) in [7, 11) is 0. The highest BCUT2D eigenvalue weighted by molar-refractivity contribution is 6.24. The number of benzene rings is 3. The first-order valence-corrected chi connectivity index (χ1v) is 12.0. The van der Waals surface area contributed by atoms with E-state index in [4.69, 9.17) is 0 Å². The van der Waals surface area contributed by atoms with Crippen molar-refractivity contribution in [3.8, 4) is 0 Å². The number of ketones is 1. The van der Waals surface area contributed by atoms with Gasteiger partial charge in [0, 0.05) is 23.9 Å². The van der Waals surface area contributed by atoms with Crippen molar-refractivity contribution in [1.82, 2.24) is 4.90 Å². The summed E-state index contributed by atoms with van der Waals surface area (Å²) in [6.45, 7) is 0. The number of nitro groups is 1. The van der Waals surface area contributed by atoms with E-state index in [1.54, 1.807) is 35.4 Å². The fourth-order valence-corrected chi connectivity index (χ4v) is 5.85. The van der Waals surface area contributed by atoms with Gasteiger partial charge in [0.25, 0.3) is 5.69 Å². The van der Waals surface area contributed by atoms with E-state index < -0.39 is 58.2 Å². The van der Waals surface area contributed by atoms with E-state index in [0.717, 1.165) is 28.7 Å². The second kappa shape index (κ2) is 8.62. The van der Waals surface area contributed by atoms with Crippen molar-refractivity contribution < 1.29 is 32.5 Å². The molecule has 3 heterocycles. The number of rotatable bonds is 4. The van der Waals surface area contributed by atoms with Crippen LogP contribution in [0, 0.1) is 22.0 Å². The van der Waals surface area contributed by atoms with Crippen LogP contribution in [0.1, 0.15) is 33.1 Å². The molecule has 196 valence electrons. The number of hydrogen-bond donors (Lipinski definition) is 0. The Hall–Kier alpha value is -4.80. The SMILES string of the molecule is O=C(c1ccc([N+](=O)[O-])cc1)[C@H]1[C@H]2C(=O)N(c3cccc(C(F)(F)F)c3)C(=O)[C@@H]2[C@H]2c3ccccc3C=CN21. The number of amides is 2. The summed E-state index contributed by atoms with van der Waals surface area (Å²) < 4.78 is 40.2. The zero-order valence-electron chi connectivity index (χ0n) is 19.9. The van der Waals surface area contributed by atoms with E-state index in [1.165, 1.54) is 30.3 Å². The number of hydrogen-bond acceptors (Lipinski definition) is 6. The smallest absolute Gasteiger partial charge is 0.358 e. The molecule has 3 aliphatic rings. The molecule has 3 aromatic rings. The van der Waals surface area contributed by atoms with Gasteiger partial charge >= 0.3 is 6.18 Å². The largest absolute Gasteiger partial charge is 0.416 e. The number of carbonyl (C=O) groups excluding carboxylic acids is 3. The molecule has 0 N–H and O–H groups in total. The minimum Gasteiger partial charge on any atom is -0.358 e. The van der Waals surface area contributed by atoms with Crippen molar-refractivity contribution in [1.29, 1.82) is 0 Å². The highest BCUT2D eigenvalue weighted by atomic mass is 19.4. The standard InChI is InChI=1S/C28H18F3N3O5/c29-28(30,31)17-5-3-6-19(14-17)33-26(36)21-22(27(33)37)24(25(35)16-8-10-18(11-9-16)34(38)39)32-13-12-15-4-1-2-7-20(15)23(21)32/h1-14,21-24H/t21-,22-,23+,24+/m0/s1. The lowest BCUT2D eigenvalue weighted by Crippen LogP contribution is -2.44. The highest BCUT2D eigenvalue weighted by Gasteiger charge is 2.64. The minimum absolute atomic E-state index is 0.107. The van der Waals surface area contributed by atoms with Gasteiger partial charge in [-0.25, -0.2) is 4.90 Å². The molecule has 0 unspecified atom stereocenters. The van der Waals surface area contributed by atoms with Crippen LogP contribution in [0.15, 0.2) is 79.0 Å². The number of fused-ring (bicyclic) bond motifs is 5. The molecule has 2 amide bonds. The molecular weight excluding hydrogens is 515 g/mol. The monoisotopic (exact) mass is 533 g/mol. The Morgan fingerprint density at radius 2 is 1.59 bits per heavy atom. The van der Waals surface area contributed by atoms with Gasteiger partial charge < -0.3 is 4.90 Å². The fourth-order valence-electron chi connectivity index (χ4n) is 5.85. The zero-order valence-corrected chi connectivity index (χ0v) is 19.9. The third kappa shape index (κ3) is 3.72. The summed E-state index contributed by atoms with van der Waals surface area (Å²) >= 11 is 0. The van der Waals surface area contributed by atoms with Gasteiger partial charge in [-0.15, -0.1) is 0 Å². The summed E-state index contributed by atoms with van der Waals surface area (Å²) in [5.41, 5.74) is 0.156. The molecule has 0 bridgehead atoms. The van der Waals surface area contributed by atoms with E-state index in [-0.39, 0.29) is 16.9 Å². The third-order valence-corrected chi connectivity index (χ3v) is 7.52. The number of anilines is 1. The van der Waals surface area contributed by atoms with Crippen LogP contribution in [0.3, 0.4) is 0 Å². The first-order chi connectivity index (χ1) is 18.6. The van der Waals surface area contributed by atoms with Gasteiger partial charge in [0.2, 0.25) is 11.8 Å². The van der Waals surface area contributed by atoms with E-state index >= 15 is 0 Å². The summed E-state index contributed by atoms with van der Waals surface area (Å²) in [5.74, 6) is -4.22. The molecule has 11 heteroatoms. The lowest BCUT2D eigenvalue weighted by Gasteiger charge is -2.35. The molecule has 0 spiro atoms. The summed E-state index contributed by atoms with van der Waals surface area (Å²) in [4.78, 5) is 54.4. The van der Waals surface area contributed by atoms with Crippen molar-refractivity contribution in [2.24, 2.45) is 11.8 Å². The summed E-state index contributed by atoms with van der Waals surface area (Å²) in [6.07, 6.45) is -1.27. The van der Waals surface area contributed by atoms with Gasteiger partial charge in [0.05, 0.1) is 34.1 Å². The second-order valence-corrected chi connectivity index (χ2v) is 9.56. The minimum atomic E-state index is -4.68. The maximum absolute atomic E-state index is 13.8. The van der Waals surface area contributed by atoms with E-state index in [1.807, 2.05) is 6.07 Å². The van der Waals surface area contributed by atoms with Gasteiger partial charge in [0.15, 0.2) is 5.78 Å². The van der Waals surface area contributed by atoms with Crippen LogP contribution in [-0.2, 0) is 15.8 Å². The first kappa shape index (κ1) is 24.5. The van der Waals surface area contributed by atoms with Crippen molar-refractivity contribution in [2.75, 3.05) is 4.90 Å². The van der Waals surface area contributed by atoms with Gasteiger partial charge in [-0.05, 0) is 47.5 Å². The Morgan fingerprint density at radius 3 is 2.28 bits per heavy atom. The summed E-state index contributed by atoms with van der Waals surface area (Å²) in [6, 6.07) is 14.2. The quantitative estimate of drug-likeness (QED) is 0.202. The molecule has 39 heavy (non-hydrogen) atoms. The molecule has 2 fully saturated rings. The number of imide groups is 1. The van der Waals surface area contributed by atoms with Crippen LogP contribution in [-0.4, -0.2) is 33.5 Å². The molecule has 0 saturated carbocycles. The average molecular weight is 533 g/mol. The number of non-ortho nitro benzene ring substituents is 1. The van der Waals surface area contributed by atoms with Crippen LogP contribution in [0.2, 0.25) is 0 Å². The number of carbonyl (C=O) groups is 3. The molecule has 8 nitrogen and oxygen atoms in total. The Kier molecular flexibility index (Phi) is 5.42. The highest BCUT2D eigenvalue weighted by Crippen LogP contribution is 2.54. The Balaban J connectivity index is 1.46. The molecule has 0 radical (unpaired) electrons. The number of nitro benzene ring substituents is 1. The Morgan fingerprint density at radius 1 is 0.897 bits per heavy atom. The first-order valence-electron chi connectivity index (χ1n) is 12.0. The maximum atomic E-state index is 13.8. The number of nitrogens with zero attached hydrogens (tertiary/aromatic N) is 3. The molecule has 3 aliphatic heterocycles. The predicted octanol–water partition coefficient (Wildman–Crippen LogP) is 5.01. The van der Waals surface area contributed by atoms with Crippen molar-refractivity contribution in [2.45, 2.75) is 18.3 Å². The van der Waals surface area contributed by atoms with Gasteiger partial charge in [-0.1, -0.05) is 30.3 Å². The second-order valence-electron chi connectivity index (χ2n) is 9.56. The van der Waals surface area contributed by atoms with Crippen molar-refractivity contribution in [3.63, 3.8) is 0 Å². The number of alkyl halides is 3. The number of halogens is 3. The molecule has 2 saturated heterocycles.